The average Bonchev–Trinajstić information content (AvgIpc) is 2.83. The molecule has 0 spiro atoms. The largest absolute Gasteiger partial charge is 0.476 e. The number of carbonyl (C=O) groups excluding carboxylic acids is 1. The highest BCUT2D eigenvalue weighted by molar-refractivity contribution is 6.00. The number of hydrogen-bond donors (Lipinski definition) is 3. The molecule has 10 nitrogen and oxygen atoms in total. The molecule has 3 N–H and O–H groups in total. The van der Waals surface area contributed by atoms with Crippen molar-refractivity contribution in [1.29, 1.82) is 0 Å². The Balaban J connectivity index is 1.28. The van der Waals surface area contributed by atoms with Crippen LogP contribution in [0, 0.1) is 6.92 Å². The van der Waals surface area contributed by atoms with Crippen molar-refractivity contribution in [1.82, 2.24) is 19.9 Å². The fourth-order valence-corrected chi connectivity index (χ4v) is 3.97. The Kier molecular flexibility index (Phi) is 5.89. The van der Waals surface area contributed by atoms with Crippen LogP contribution in [-0.4, -0.2) is 64.6 Å². The summed E-state index contributed by atoms with van der Waals surface area (Å²) in [5.74, 6) is 2.55. The molecule has 0 atom stereocenters. The lowest BCUT2D eigenvalue weighted by atomic mass is 10.1. The molecule has 0 aliphatic carbocycles. The Morgan fingerprint density at radius 1 is 1.00 bits per heavy atom. The number of likely N-dealkylation sites (N-methyl/N-ethyl adjacent to an activating group) is 1. The maximum absolute atomic E-state index is 12.2. The van der Waals surface area contributed by atoms with Gasteiger partial charge in [-0.25, -0.2) is 9.97 Å². The molecule has 1 amide bonds. The quantitative estimate of drug-likeness (QED) is 0.512. The van der Waals surface area contributed by atoms with E-state index in [1.807, 2.05) is 37.3 Å². The zero-order valence-electron chi connectivity index (χ0n) is 20.4. The molecule has 35 heavy (non-hydrogen) atoms. The first-order valence-electron chi connectivity index (χ1n) is 11.7. The molecule has 2 aromatic heterocycles. The monoisotopic (exact) mass is 474 g/mol. The smallest absolute Gasteiger partial charge is 0.268 e. The van der Waals surface area contributed by atoms with Gasteiger partial charge in [0.1, 0.15) is 17.4 Å². The number of carbonyl (C=O) groups is 1. The van der Waals surface area contributed by atoms with E-state index >= 15 is 0 Å². The van der Waals surface area contributed by atoms with E-state index in [4.69, 9.17) is 4.74 Å². The number of aryl methyl sites for hydroxylation is 1. The van der Waals surface area contributed by atoms with Crippen molar-refractivity contribution in [2.45, 2.75) is 26.4 Å². The van der Waals surface area contributed by atoms with Crippen molar-refractivity contribution >= 4 is 40.6 Å². The summed E-state index contributed by atoms with van der Waals surface area (Å²) >= 11 is 0. The van der Waals surface area contributed by atoms with Gasteiger partial charge in [0.2, 0.25) is 5.95 Å². The van der Waals surface area contributed by atoms with Gasteiger partial charge in [0.25, 0.3) is 5.91 Å². The lowest BCUT2D eigenvalue weighted by Crippen LogP contribution is -2.45. The number of aromatic nitrogens is 3. The number of benzene rings is 1. The summed E-state index contributed by atoms with van der Waals surface area (Å²) in [6.07, 6.45) is 3.56. The molecule has 2 aliphatic rings. The molecule has 0 bridgehead atoms. The topological polar surface area (TPSA) is 108 Å². The Bertz CT molecular complexity index is 1240. The van der Waals surface area contributed by atoms with Gasteiger partial charge in [-0.15, -0.1) is 0 Å². The molecule has 0 radical (unpaired) electrons. The molecule has 0 saturated carbocycles. The highest BCUT2D eigenvalue weighted by Gasteiger charge is 2.35. The van der Waals surface area contributed by atoms with Crippen molar-refractivity contribution < 1.29 is 9.53 Å². The number of pyridine rings is 1. The fourth-order valence-electron chi connectivity index (χ4n) is 3.97. The van der Waals surface area contributed by atoms with Crippen LogP contribution in [0.1, 0.15) is 19.4 Å². The highest BCUT2D eigenvalue weighted by Crippen LogP contribution is 2.36. The minimum Gasteiger partial charge on any atom is -0.476 e. The summed E-state index contributed by atoms with van der Waals surface area (Å²) in [6, 6.07) is 9.57. The number of nitrogens with zero attached hydrogens (tertiary/aromatic N) is 5. The van der Waals surface area contributed by atoms with Crippen molar-refractivity contribution in [2.24, 2.45) is 0 Å². The van der Waals surface area contributed by atoms with Crippen LogP contribution in [-0.2, 0) is 4.79 Å². The molecule has 182 valence electrons. The third-order valence-corrected chi connectivity index (χ3v) is 6.21. The molecule has 1 aromatic carbocycles. The van der Waals surface area contributed by atoms with Gasteiger partial charge in [-0.3, -0.25) is 4.79 Å². The molecule has 1 fully saturated rings. The zero-order valence-corrected chi connectivity index (χ0v) is 20.4. The second kappa shape index (κ2) is 9.03. The Morgan fingerprint density at radius 3 is 2.51 bits per heavy atom. The number of fused-ring (bicyclic) bond motifs is 1. The minimum absolute atomic E-state index is 0.181. The number of rotatable bonds is 5. The molecule has 3 aromatic rings. The first kappa shape index (κ1) is 22.9. The van der Waals surface area contributed by atoms with E-state index < -0.39 is 5.60 Å². The Morgan fingerprint density at radius 2 is 1.77 bits per heavy atom. The predicted octanol–water partition coefficient (Wildman–Crippen LogP) is 3.53. The number of ether oxygens (including phenoxy) is 1. The lowest BCUT2D eigenvalue weighted by molar-refractivity contribution is -0.129. The van der Waals surface area contributed by atoms with Gasteiger partial charge < -0.3 is 30.5 Å². The van der Waals surface area contributed by atoms with Gasteiger partial charge in [-0.1, -0.05) is 0 Å². The van der Waals surface area contributed by atoms with E-state index in [1.54, 1.807) is 26.2 Å². The van der Waals surface area contributed by atoms with Crippen LogP contribution in [0.5, 0.6) is 5.75 Å². The minimum atomic E-state index is -0.899. The van der Waals surface area contributed by atoms with E-state index in [2.05, 4.69) is 47.7 Å². The van der Waals surface area contributed by atoms with Crippen molar-refractivity contribution in [3.8, 4) is 5.75 Å². The number of piperazine rings is 1. The summed E-state index contributed by atoms with van der Waals surface area (Å²) in [7, 11) is 2.14. The summed E-state index contributed by atoms with van der Waals surface area (Å²) in [5, 5.41) is 9.45. The third-order valence-electron chi connectivity index (χ3n) is 6.21. The van der Waals surface area contributed by atoms with Crippen LogP contribution in [0.2, 0.25) is 0 Å². The number of amides is 1. The molecular weight excluding hydrogens is 444 g/mol. The van der Waals surface area contributed by atoms with Crippen LogP contribution in [0.15, 0.2) is 42.7 Å². The predicted molar refractivity (Wildman–Crippen MR) is 137 cm³/mol. The Labute approximate surface area is 204 Å². The van der Waals surface area contributed by atoms with Crippen LogP contribution < -0.4 is 25.6 Å². The number of hydrogen-bond acceptors (Lipinski definition) is 9. The standard InChI is InChI=1S/C25H30N8O2/c1-16-14-27-24(29-18-6-8-21(26-15-18)33-11-9-32(4)10-12-33)31-22(16)28-17-5-7-20-19(13-17)30-23(34)25(2,3)35-20/h5-8,13-15H,9-12H2,1-4H3,(H,30,34)(H2,27,28,29,31). The SMILES string of the molecule is Cc1cnc(Nc2ccc(N3CCN(C)CC3)nc2)nc1Nc1ccc2c(c1)NC(=O)C(C)(C)O2. The normalized spacial score (nSPS) is 17.3. The number of nitrogens with one attached hydrogen (secondary N) is 3. The van der Waals surface area contributed by atoms with Gasteiger partial charge in [-0.05, 0) is 58.2 Å². The second-order valence-corrected chi connectivity index (χ2v) is 9.45. The van der Waals surface area contributed by atoms with Gasteiger partial charge >= 0.3 is 0 Å². The summed E-state index contributed by atoms with van der Waals surface area (Å²) < 4.78 is 5.81. The zero-order chi connectivity index (χ0) is 24.6. The molecule has 0 unspecified atom stereocenters. The Hall–Kier alpha value is -3.92. The van der Waals surface area contributed by atoms with Gasteiger partial charge in [-0.2, -0.15) is 4.98 Å². The van der Waals surface area contributed by atoms with E-state index in [0.29, 0.717) is 23.2 Å². The van der Waals surface area contributed by atoms with Crippen LogP contribution in [0.4, 0.5) is 34.6 Å². The van der Waals surface area contributed by atoms with E-state index in [-0.39, 0.29) is 5.91 Å². The maximum Gasteiger partial charge on any atom is 0.268 e. The van der Waals surface area contributed by atoms with Crippen LogP contribution >= 0.6 is 0 Å². The first-order chi connectivity index (χ1) is 16.8. The van der Waals surface area contributed by atoms with E-state index in [0.717, 1.165) is 48.9 Å². The van der Waals surface area contributed by atoms with Gasteiger partial charge in [0.05, 0.1) is 17.6 Å². The van der Waals surface area contributed by atoms with E-state index in [9.17, 15) is 4.79 Å². The summed E-state index contributed by atoms with van der Waals surface area (Å²) in [6.45, 7) is 9.44. The fraction of sp³-hybridized carbons (Fsp3) is 0.360. The van der Waals surface area contributed by atoms with Crippen LogP contribution in [0.25, 0.3) is 0 Å². The summed E-state index contributed by atoms with van der Waals surface area (Å²) in [4.78, 5) is 30.5. The van der Waals surface area contributed by atoms with E-state index in [1.165, 1.54) is 0 Å². The first-order valence-corrected chi connectivity index (χ1v) is 11.7. The third kappa shape index (κ3) is 4.97. The molecular formula is C25H30N8O2. The maximum atomic E-state index is 12.2. The molecule has 1 saturated heterocycles. The van der Waals surface area contributed by atoms with Crippen molar-refractivity contribution in [3.63, 3.8) is 0 Å². The highest BCUT2D eigenvalue weighted by atomic mass is 16.5. The average molecular weight is 475 g/mol. The number of anilines is 6. The molecule has 2 aliphatic heterocycles. The van der Waals surface area contributed by atoms with Crippen molar-refractivity contribution in [2.75, 3.05) is 54.1 Å². The van der Waals surface area contributed by atoms with Gasteiger partial charge in [0, 0.05) is 43.6 Å². The lowest BCUT2D eigenvalue weighted by Gasteiger charge is -2.33. The molecule has 4 heterocycles. The molecule has 5 rings (SSSR count). The van der Waals surface area contributed by atoms with Gasteiger partial charge in [0.15, 0.2) is 5.60 Å². The summed E-state index contributed by atoms with van der Waals surface area (Å²) in [5.41, 5.74) is 2.20. The second-order valence-electron chi connectivity index (χ2n) is 9.45. The van der Waals surface area contributed by atoms with Crippen LogP contribution in [0.3, 0.4) is 0 Å². The molecule has 10 heteroatoms. The van der Waals surface area contributed by atoms with Crippen molar-refractivity contribution in [3.05, 3.63) is 48.3 Å².